The lowest BCUT2D eigenvalue weighted by atomic mass is 10.1. The van der Waals surface area contributed by atoms with Crippen LogP contribution in [-0.4, -0.2) is 44.2 Å². The lowest BCUT2D eigenvalue weighted by molar-refractivity contribution is 0.287. The van der Waals surface area contributed by atoms with Gasteiger partial charge in [0.2, 0.25) is 10.0 Å². The molecule has 1 saturated heterocycles. The van der Waals surface area contributed by atoms with Crippen molar-refractivity contribution >= 4 is 10.0 Å². The van der Waals surface area contributed by atoms with E-state index >= 15 is 0 Å². The Balaban J connectivity index is 1.85. The van der Waals surface area contributed by atoms with Crippen molar-refractivity contribution in [3.63, 3.8) is 0 Å². The zero-order valence-electron chi connectivity index (χ0n) is 13.5. The molecule has 1 aliphatic heterocycles. The zero-order valence-corrected chi connectivity index (χ0v) is 14.3. The molecule has 0 aromatic heterocycles. The molecular weight excluding hydrogens is 312 g/mol. The molecule has 1 aliphatic rings. The minimum atomic E-state index is -3.06. The topological polar surface area (TPSA) is 58.6 Å². The van der Waals surface area contributed by atoms with Gasteiger partial charge in [-0.1, -0.05) is 24.1 Å². The summed E-state index contributed by atoms with van der Waals surface area (Å²) in [5.74, 6) is 3.44. The minimum absolute atomic E-state index is 0.172. The van der Waals surface area contributed by atoms with Crippen LogP contribution in [0.4, 0.5) is 0 Å². The van der Waals surface area contributed by atoms with E-state index in [1.165, 1.54) is 0 Å². The van der Waals surface area contributed by atoms with Crippen LogP contribution >= 0.6 is 0 Å². The van der Waals surface area contributed by atoms with E-state index in [9.17, 15) is 8.42 Å². The van der Waals surface area contributed by atoms with Crippen LogP contribution in [0.15, 0.2) is 24.3 Å². The predicted molar refractivity (Wildman–Crippen MR) is 91.7 cm³/mol. The third-order valence-corrected chi connectivity index (χ3v) is 5.96. The summed E-state index contributed by atoms with van der Waals surface area (Å²) in [5.41, 5.74) is 1.06. The fourth-order valence-corrected chi connectivity index (χ4v) is 3.82. The van der Waals surface area contributed by atoms with Crippen molar-refractivity contribution in [3.05, 3.63) is 29.8 Å². The molecular formula is C17H24N2O3S. The first-order chi connectivity index (χ1) is 11.1. The highest BCUT2D eigenvalue weighted by atomic mass is 32.2. The van der Waals surface area contributed by atoms with E-state index in [1.54, 1.807) is 11.2 Å². The largest absolute Gasteiger partial charge is 0.481 e. The monoisotopic (exact) mass is 336 g/mol. The lowest BCUT2D eigenvalue weighted by Gasteiger charge is -2.31. The van der Waals surface area contributed by atoms with Gasteiger partial charge in [0.05, 0.1) is 5.75 Å². The number of para-hydroxylation sites is 1. The molecule has 2 rings (SSSR count). The van der Waals surface area contributed by atoms with Crippen molar-refractivity contribution in [1.29, 1.82) is 0 Å². The molecule has 0 radical (unpaired) electrons. The minimum Gasteiger partial charge on any atom is -0.481 e. The van der Waals surface area contributed by atoms with Gasteiger partial charge in [0.25, 0.3) is 0 Å². The van der Waals surface area contributed by atoms with E-state index in [0.717, 1.165) is 24.2 Å². The molecule has 1 aromatic rings. The molecule has 1 heterocycles. The van der Waals surface area contributed by atoms with Gasteiger partial charge in [0, 0.05) is 31.2 Å². The summed E-state index contributed by atoms with van der Waals surface area (Å²) >= 11 is 0. The first-order valence-corrected chi connectivity index (χ1v) is 9.53. The lowest BCUT2D eigenvalue weighted by Crippen LogP contribution is -2.45. The number of hydrogen-bond acceptors (Lipinski definition) is 4. The fourth-order valence-electron chi connectivity index (χ4n) is 2.69. The zero-order chi connectivity index (χ0) is 16.7. The SMILES string of the molecule is C#CCOc1ccccc1CNC1CCN(S(=O)(=O)CC)CC1. The molecule has 1 aromatic carbocycles. The highest BCUT2D eigenvalue weighted by molar-refractivity contribution is 7.89. The Morgan fingerprint density at radius 3 is 2.70 bits per heavy atom. The van der Waals surface area contributed by atoms with Gasteiger partial charge in [0.15, 0.2) is 0 Å². The average molecular weight is 336 g/mol. The third-order valence-electron chi connectivity index (χ3n) is 4.08. The maximum absolute atomic E-state index is 11.9. The average Bonchev–Trinajstić information content (AvgIpc) is 2.59. The van der Waals surface area contributed by atoms with Gasteiger partial charge in [-0.05, 0) is 25.8 Å². The van der Waals surface area contributed by atoms with Crippen LogP contribution < -0.4 is 10.1 Å². The van der Waals surface area contributed by atoms with Crippen LogP contribution in [0.2, 0.25) is 0 Å². The quantitative estimate of drug-likeness (QED) is 0.769. The number of ether oxygens (including phenoxy) is 1. The van der Waals surface area contributed by atoms with Crippen LogP contribution in [0.25, 0.3) is 0 Å². The Bertz CT molecular complexity index is 644. The highest BCUT2D eigenvalue weighted by Crippen LogP contribution is 2.19. The van der Waals surface area contributed by atoms with Crippen LogP contribution in [0.1, 0.15) is 25.3 Å². The second kappa shape index (κ2) is 8.34. The smallest absolute Gasteiger partial charge is 0.213 e. The van der Waals surface area contributed by atoms with E-state index in [0.29, 0.717) is 25.7 Å². The van der Waals surface area contributed by atoms with Gasteiger partial charge >= 0.3 is 0 Å². The summed E-state index contributed by atoms with van der Waals surface area (Å²) in [6.07, 6.45) is 6.88. The van der Waals surface area contributed by atoms with E-state index < -0.39 is 10.0 Å². The molecule has 5 nitrogen and oxygen atoms in total. The van der Waals surface area contributed by atoms with Crippen molar-refractivity contribution in [1.82, 2.24) is 9.62 Å². The van der Waals surface area contributed by atoms with Gasteiger partial charge in [-0.25, -0.2) is 12.7 Å². The number of terminal acetylenes is 1. The summed E-state index contributed by atoms with van der Waals surface area (Å²) in [4.78, 5) is 0. The highest BCUT2D eigenvalue weighted by Gasteiger charge is 2.26. The van der Waals surface area contributed by atoms with Gasteiger partial charge in [-0.3, -0.25) is 0 Å². The third kappa shape index (κ3) is 4.96. The van der Waals surface area contributed by atoms with Crippen LogP contribution in [0, 0.1) is 12.3 Å². The van der Waals surface area contributed by atoms with Gasteiger partial charge in [0.1, 0.15) is 12.4 Å². The molecule has 126 valence electrons. The first kappa shape index (κ1) is 17.8. The van der Waals surface area contributed by atoms with E-state index in [2.05, 4.69) is 11.2 Å². The number of nitrogens with zero attached hydrogens (tertiary/aromatic N) is 1. The number of rotatable bonds is 7. The Morgan fingerprint density at radius 1 is 1.35 bits per heavy atom. The van der Waals surface area contributed by atoms with Crippen molar-refractivity contribution in [2.75, 3.05) is 25.4 Å². The van der Waals surface area contributed by atoms with Gasteiger partial charge < -0.3 is 10.1 Å². The maximum atomic E-state index is 11.9. The maximum Gasteiger partial charge on any atom is 0.213 e. The number of sulfonamides is 1. The van der Waals surface area contributed by atoms with E-state index in [-0.39, 0.29) is 12.4 Å². The van der Waals surface area contributed by atoms with Crippen molar-refractivity contribution in [2.45, 2.75) is 32.4 Å². The molecule has 0 amide bonds. The molecule has 1 fully saturated rings. The summed E-state index contributed by atoms with van der Waals surface area (Å²) in [6, 6.07) is 8.12. The second-order valence-electron chi connectivity index (χ2n) is 5.56. The second-order valence-corrected chi connectivity index (χ2v) is 7.81. The standard InChI is InChI=1S/C17H24N2O3S/c1-3-13-22-17-8-6-5-7-15(17)14-18-16-9-11-19(12-10-16)23(20,21)4-2/h1,5-8,16,18H,4,9-14H2,2H3. The van der Waals surface area contributed by atoms with Crippen LogP contribution in [0.3, 0.4) is 0 Å². The fraction of sp³-hybridized carbons (Fsp3) is 0.529. The summed E-state index contributed by atoms with van der Waals surface area (Å²) in [5, 5.41) is 3.49. The predicted octanol–water partition coefficient (Wildman–Crippen LogP) is 1.60. The molecule has 0 unspecified atom stereocenters. The van der Waals surface area contributed by atoms with Crippen LogP contribution in [0.5, 0.6) is 5.75 Å². The van der Waals surface area contributed by atoms with E-state index in [1.807, 2.05) is 24.3 Å². The molecule has 0 saturated carbocycles. The van der Waals surface area contributed by atoms with Gasteiger partial charge in [-0.15, -0.1) is 6.42 Å². The molecule has 1 N–H and O–H groups in total. The number of benzene rings is 1. The number of nitrogens with one attached hydrogen (secondary N) is 1. The normalized spacial score (nSPS) is 16.9. The molecule has 0 aliphatic carbocycles. The summed E-state index contributed by atoms with van der Waals surface area (Å²) in [7, 11) is -3.06. The Morgan fingerprint density at radius 2 is 2.04 bits per heavy atom. The summed E-state index contributed by atoms with van der Waals surface area (Å²) < 4.78 is 30.8. The summed E-state index contributed by atoms with van der Waals surface area (Å²) in [6.45, 7) is 3.80. The molecule has 0 atom stereocenters. The van der Waals surface area contributed by atoms with Crippen molar-refractivity contribution in [2.24, 2.45) is 0 Å². The van der Waals surface area contributed by atoms with Crippen molar-refractivity contribution in [3.8, 4) is 18.1 Å². The van der Waals surface area contributed by atoms with Gasteiger partial charge in [-0.2, -0.15) is 0 Å². The molecule has 6 heteroatoms. The van der Waals surface area contributed by atoms with E-state index in [4.69, 9.17) is 11.2 Å². The first-order valence-electron chi connectivity index (χ1n) is 7.92. The Hall–Kier alpha value is -1.55. The Labute approximate surface area is 139 Å². The molecule has 0 bridgehead atoms. The number of hydrogen-bond donors (Lipinski definition) is 1. The van der Waals surface area contributed by atoms with Crippen LogP contribution in [-0.2, 0) is 16.6 Å². The molecule has 0 spiro atoms. The van der Waals surface area contributed by atoms with Crippen molar-refractivity contribution < 1.29 is 13.2 Å². The number of piperidine rings is 1. The molecule has 23 heavy (non-hydrogen) atoms. The Kier molecular flexibility index (Phi) is 6.46.